The Balaban J connectivity index is 0.00000306. The van der Waals surface area contributed by atoms with Gasteiger partial charge in [-0.3, -0.25) is 9.97 Å². The van der Waals surface area contributed by atoms with Crippen LogP contribution in [0.4, 0.5) is 0 Å². The van der Waals surface area contributed by atoms with Crippen LogP contribution in [0.3, 0.4) is 0 Å². The molecule has 1 aromatic carbocycles. The van der Waals surface area contributed by atoms with Crippen LogP contribution in [0.25, 0.3) is 34.0 Å². The highest BCUT2D eigenvalue weighted by atomic mass is 16.5. The van der Waals surface area contributed by atoms with Crippen molar-refractivity contribution in [2.45, 2.75) is 32.7 Å². The molecule has 162 valence electrons. The SMILES string of the molecule is CCC(C#N)c1cc(-c2cnc(C)c(-c3cc(-c4ccc(CNC)cc4)no3)n2)ccn1.[HH]. The Morgan fingerprint density at radius 3 is 2.62 bits per heavy atom. The maximum absolute atomic E-state index is 9.37. The number of aromatic nitrogens is 4. The van der Waals surface area contributed by atoms with E-state index in [2.05, 4.69) is 38.6 Å². The van der Waals surface area contributed by atoms with Gasteiger partial charge < -0.3 is 9.84 Å². The highest BCUT2D eigenvalue weighted by molar-refractivity contribution is 5.68. The van der Waals surface area contributed by atoms with Gasteiger partial charge in [0, 0.05) is 31.4 Å². The van der Waals surface area contributed by atoms with Crippen LogP contribution in [-0.4, -0.2) is 27.2 Å². The number of benzene rings is 1. The summed E-state index contributed by atoms with van der Waals surface area (Å²) in [5.41, 5.74) is 6.59. The molecule has 7 nitrogen and oxygen atoms in total. The van der Waals surface area contributed by atoms with Gasteiger partial charge in [-0.25, -0.2) is 4.98 Å². The van der Waals surface area contributed by atoms with E-state index in [-0.39, 0.29) is 7.34 Å². The maximum atomic E-state index is 9.37. The smallest absolute Gasteiger partial charge is 0.187 e. The van der Waals surface area contributed by atoms with E-state index in [1.54, 1.807) is 12.4 Å². The summed E-state index contributed by atoms with van der Waals surface area (Å²) in [6.07, 6.45) is 4.13. The molecule has 0 saturated carbocycles. The van der Waals surface area contributed by atoms with Crippen LogP contribution in [0.2, 0.25) is 0 Å². The monoisotopic (exact) mass is 426 g/mol. The Hall–Kier alpha value is -3.89. The molecule has 0 amide bonds. The third kappa shape index (κ3) is 4.41. The minimum atomic E-state index is -0.246. The molecule has 4 rings (SSSR count). The van der Waals surface area contributed by atoms with Crippen molar-refractivity contribution in [1.82, 2.24) is 25.4 Å². The average molecular weight is 427 g/mol. The standard InChI is InChI=1S/C25H24N6O.H2/c1-4-18(13-26)21-11-20(9-10-28-21)23-15-29-16(2)25(30-23)24-12-22(31-32-24)19-7-5-17(6-8-19)14-27-3;/h5-12,15,18,27H,4,14H2,1-3H3;1H. The van der Waals surface area contributed by atoms with E-state index in [9.17, 15) is 5.26 Å². The molecule has 0 spiro atoms. The Morgan fingerprint density at radius 2 is 1.91 bits per heavy atom. The molecule has 32 heavy (non-hydrogen) atoms. The number of nitrogens with one attached hydrogen (secondary N) is 1. The van der Waals surface area contributed by atoms with Gasteiger partial charge in [0.2, 0.25) is 0 Å². The zero-order chi connectivity index (χ0) is 22.5. The van der Waals surface area contributed by atoms with Crippen molar-refractivity contribution in [1.29, 1.82) is 5.26 Å². The minimum absolute atomic E-state index is 0. The first-order valence-electron chi connectivity index (χ1n) is 10.5. The van der Waals surface area contributed by atoms with Crippen LogP contribution in [-0.2, 0) is 6.54 Å². The molecule has 0 aliphatic rings. The van der Waals surface area contributed by atoms with Gasteiger partial charge in [0.15, 0.2) is 5.76 Å². The van der Waals surface area contributed by atoms with E-state index in [1.165, 1.54) is 5.56 Å². The highest BCUT2D eigenvalue weighted by Crippen LogP contribution is 2.29. The number of nitrogens with zero attached hydrogens (tertiary/aromatic N) is 5. The molecule has 0 aliphatic heterocycles. The van der Waals surface area contributed by atoms with Crippen LogP contribution in [0.15, 0.2) is 59.4 Å². The first kappa shape index (κ1) is 21.3. The molecule has 0 aliphatic carbocycles. The molecule has 0 bridgehead atoms. The zero-order valence-electron chi connectivity index (χ0n) is 18.3. The number of aryl methyl sites for hydroxylation is 1. The summed E-state index contributed by atoms with van der Waals surface area (Å²) in [4.78, 5) is 13.7. The van der Waals surface area contributed by atoms with Gasteiger partial charge in [-0.15, -0.1) is 0 Å². The van der Waals surface area contributed by atoms with Gasteiger partial charge in [0.1, 0.15) is 11.4 Å². The normalized spacial score (nSPS) is 11.8. The van der Waals surface area contributed by atoms with Gasteiger partial charge in [-0.2, -0.15) is 5.26 Å². The second-order valence-corrected chi connectivity index (χ2v) is 7.55. The fourth-order valence-corrected chi connectivity index (χ4v) is 3.51. The van der Waals surface area contributed by atoms with Crippen LogP contribution < -0.4 is 5.32 Å². The van der Waals surface area contributed by atoms with E-state index in [4.69, 9.17) is 9.51 Å². The van der Waals surface area contributed by atoms with E-state index in [0.29, 0.717) is 23.6 Å². The second kappa shape index (κ2) is 9.50. The van der Waals surface area contributed by atoms with Crippen LogP contribution in [0.5, 0.6) is 0 Å². The molecule has 0 fully saturated rings. The number of nitriles is 1. The predicted octanol–water partition coefficient (Wildman–Crippen LogP) is 5.15. The molecule has 3 heterocycles. The quantitative estimate of drug-likeness (QED) is 0.436. The molecular formula is C25H26N6O. The van der Waals surface area contributed by atoms with Crippen LogP contribution >= 0.6 is 0 Å². The van der Waals surface area contributed by atoms with Crippen molar-refractivity contribution in [3.8, 4) is 40.0 Å². The fraction of sp³-hybridized carbons (Fsp3) is 0.240. The van der Waals surface area contributed by atoms with E-state index in [1.807, 2.05) is 51.2 Å². The third-order valence-electron chi connectivity index (χ3n) is 5.33. The van der Waals surface area contributed by atoms with E-state index >= 15 is 0 Å². The topological polar surface area (TPSA) is 101 Å². The molecule has 0 saturated heterocycles. The second-order valence-electron chi connectivity index (χ2n) is 7.55. The summed E-state index contributed by atoms with van der Waals surface area (Å²) in [5, 5.41) is 16.7. The Morgan fingerprint density at radius 1 is 1.09 bits per heavy atom. The molecule has 1 N–H and O–H groups in total. The molecule has 0 radical (unpaired) electrons. The Labute approximate surface area is 188 Å². The molecule has 1 unspecified atom stereocenters. The first-order chi connectivity index (χ1) is 15.6. The summed E-state index contributed by atoms with van der Waals surface area (Å²) in [7, 11) is 1.92. The molecule has 7 heteroatoms. The lowest BCUT2D eigenvalue weighted by molar-refractivity contribution is 0.433. The summed E-state index contributed by atoms with van der Waals surface area (Å²) < 4.78 is 5.63. The zero-order valence-corrected chi connectivity index (χ0v) is 18.3. The van der Waals surface area contributed by atoms with Gasteiger partial charge in [-0.05, 0) is 38.1 Å². The number of hydrogen-bond donors (Lipinski definition) is 1. The number of rotatable bonds is 7. The predicted molar refractivity (Wildman–Crippen MR) is 124 cm³/mol. The van der Waals surface area contributed by atoms with Crippen LogP contribution in [0, 0.1) is 18.3 Å². The van der Waals surface area contributed by atoms with Gasteiger partial charge in [0.05, 0.1) is 35.3 Å². The van der Waals surface area contributed by atoms with Crippen molar-refractivity contribution in [3.63, 3.8) is 0 Å². The largest absolute Gasteiger partial charge is 0.354 e. The van der Waals surface area contributed by atoms with Crippen molar-refractivity contribution < 1.29 is 5.95 Å². The lowest BCUT2D eigenvalue weighted by Gasteiger charge is -2.09. The minimum Gasteiger partial charge on any atom is -0.354 e. The van der Waals surface area contributed by atoms with Gasteiger partial charge >= 0.3 is 0 Å². The molecule has 1 atom stereocenters. The van der Waals surface area contributed by atoms with E-state index in [0.717, 1.165) is 34.8 Å². The van der Waals surface area contributed by atoms with Crippen molar-refractivity contribution in [3.05, 3.63) is 71.8 Å². The lowest BCUT2D eigenvalue weighted by atomic mass is 10.0. The van der Waals surface area contributed by atoms with Crippen molar-refractivity contribution in [2.24, 2.45) is 0 Å². The Kier molecular flexibility index (Phi) is 6.34. The number of pyridine rings is 1. The molecule has 3 aromatic heterocycles. The van der Waals surface area contributed by atoms with Crippen LogP contribution in [0.1, 0.15) is 37.6 Å². The highest BCUT2D eigenvalue weighted by Gasteiger charge is 2.16. The molecular weight excluding hydrogens is 400 g/mol. The maximum Gasteiger partial charge on any atom is 0.187 e. The number of hydrogen-bond acceptors (Lipinski definition) is 7. The van der Waals surface area contributed by atoms with Crippen molar-refractivity contribution in [2.75, 3.05) is 7.05 Å². The summed E-state index contributed by atoms with van der Waals surface area (Å²) in [6, 6.07) is 16.1. The summed E-state index contributed by atoms with van der Waals surface area (Å²) >= 11 is 0. The van der Waals surface area contributed by atoms with E-state index < -0.39 is 0 Å². The van der Waals surface area contributed by atoms with Gasteiger partial charge in [0.25, 0.3) is 0 Å². The fourth-order valence-electron chi connectivity index (χ4n) is 3.51. The van der Waals surface area contributed by atoms with Crippen molar-refractivity contribution >= 4 is 0 Å². The average Bonchev–Trinajstić information content (AvgIpc) is 3.31. The Bertz CT molecular complexity index is 1260. The summed E-state index contributed by atoms with van der Waals surface area (Å²) in [5.74, 6) is 0.313. The third-order valence-corrected chi connectivity index (χ3v) is 5.33. The summed E-state index contributed by atoms with van der Waals surface area (Å²) in [6.45, 7) is 4.68. The molecule has 4 aromatic rings. The lowest BCUT2D eigenvalue weighted by Crippen LogP contribution is -2.04. The first-order valence-corrected chi connectivity index (χ1v) is 10.5. The van der Waals surface area contributed by atoms with Gasteiger partial charge in [-0.1, -0.05) is 36.3 Å².